The summed E-state index contributed by atoms with van der Waals surface area (Å²) in [7, 11) is 0. The monoisotopic (exact) mass is 279 g/mol. The summed E-state index contributed by atoms with van der Waals surface area (Å²) in [5.74, 6) is -1.31. The Labute approximate surface area is 97.0 Å². The molecule has 4 heteroatoms. The van der Waals surface area contributed by atoms with Gasteiger partial charge in [0.2, 0.25) is 0 Å². The number of hydrogen-bond acceptors (Lipinski definition) is 2. The zero-order valence-corrected chi connectivity index (χ0v) is 9.39. The third kappa shape index (κ3) is 2.75. The topological polar surface area (TPSA) is 57.5 Å². The van der Waals surface area contributed by atoms with Gasteiger partial charge in [-0.15, -0.1) is 0 Å². The summed E-state index contributed by atoms with van der Waals surface area (Å²) in [5, 5.41) is 17.3. The van der Waals surface area contributed by atoms with E-state index in [1.807, 2.05) is 0 Å². The molecule has 0 aliphatic carbocycles. The Balaban J connectivity index is 0.000001000. The number of carboxylic acids is 1. The Morgan fingerprint density at radius 3 is 2.18 bits per heavy atom. The van der Waals surface area contributed by atoms with Crippen LogP contribution in [0, 0.1) is 41.3 Å². The van der Waals surface area contributed by atoms with E-state index >= 15 is 0 Å². The van der Waals surface area contributed by atoms with Crippen LogP contribution < -0.4 is 0 Å². The maximum absolute atomic E-state index is 10.3. The van der Waals surface area contributed by atoms with E-state index in [0.29, 0.717) is 0 Å². The van der Waals surface area contributed by atoms with Crippen molar-refractivity contribution in [3.8, 4) is 5.75 Å². The van der Waals surface area contributed by atoms with Gasteiger partial charge in [0.25, 0.3) is 0 Å². The molecule has 11 heavy (non-hydrogen) atoms. The zero-order valence-electron chi connectivity index (χ0n) is 5.69. The molecule has 0 atom stereocenters. The van der Waals surface area contributed by atoms with E-state index in [2.05, 4.69) is 0 Å². The molecule has 0 fully saturated rings. The summed E-state index contributed by atoms with van der Waals surface area (Å²) in [6.45, 7) is 0. The van der Waals surface area contributed by atoms with Gasteiger partial charge in [-0.05, 0) is 12.1 Å². The number of aromatic hydroxyl groups is 1. The molecular formula is C7H6O3Pr. The van der Waals surface area contributed by atoms with Crippen molar-refractivity contribution in [2.75, 3.05) is 0 Å². The molecule has 1 aromatic carbocycles. The first-order valence-electron chi connectivity index (χ1n) is 2.73. The van der Waals surface area contributed by atoms with Crippen molar-refractivity contribution >= 4 is 5.97 Å². The number of rotatable bonds is 1. The average molecular weight is 279 g/mol. The second-order valence-corrected chi connectivity index (χ2v) is 1.82. The number of benzene rings is 1. The van der Waals surface area contributed by atoms with Gasteiger partial charge >= 0.3 is 5.97 Å². The summed E-state index contributed by atoms with van der Waals surface area (Å²) >= 11 is 0. The van der Waals surface area contributed by atoms with Crippen LogP contribution in [0.1, 0.15) is 10.4 Å². The van der Waals surface area contributed by atoms with E-state index < -0.39 is 5.97 Å². The van der Waals surface area contributed by atoms with Crippen LogP contribution >= 0.6 is 0 Å². The van der Waals surface area contributed by atoms with E-state index in [9.17, 15) is 4.79 Å². The van der Waals surface area contributed by atoms with Gasteiger partial charge < -0.3 is 10.2 Å². The van der Waals surface area contributed by atoms with Crippen LogP contribution in [0.15, 0.2) is 24.3 Å². The van der Waals surface area contributed by atoms with Gasteiger partial charge in [0.15, 0.2) is 0 Å². The molecule has 0 unspecified atom stereocenters. The first kappa shape index (κ1) is 10.9. The van der Waals surface area contributed by atoms with Gasteiger partial charge in [-0.3, -0.25) is 0 Å². The van der Waals surface area contributed by atoms with Crippen LogP contribution in [0.25, 0.3) is 0 Å². The molecule has 0 bridgehead atoms. The van der Waals surface area contributed by atoms with Crippen LogP contribution in [0.5, 0.6) is 5.75 Å². The molecule has 0 spiro atoms. The third-order valence-electron chi connectivity index (χ3n) is 1.13. The molecule has 2 N–H and O–H groups in total. The number of para-hydroxylation sites is 1. The van der Waals surface area contributed by atoms with Crippen LogP contribution in [0.4, 0.5) is 0 Å². The van der Waals surface area contributed by atoms with E-state index in [1.165, 1.54) is 12.1 Å². The fourth-order valence-electron chi connectivity index (χ4n) is 0.654. The number of carbonyl (C=O) groups is 1. The number of carboxylic acid groups (broad SMARTS) is 1. The fourth-order valence-corrected chi connectivity index (χ4v) is 0.654. The summed E-state index contributed by atoms with van der Waals surface area (Å²) in [6, 6.07) is 5.81. The zero-order chi connectivity index (χ0) is 7.56. The summed E-state index contributed by atoms with van der Waals surface area (Å²) in [5.41, 5.74) is -0.0671. The summed E-state index contributed by atoms with van der Waals surface area (Å²) in [6.07, 6.45) is 0. The van der Waals surface area contributed by atoms with Gasteiger partial charge in [0.05, 0.1) is 0 Å². The van der Waals surface area contributed by atoms with E-state index in [0.717, 1.165) is 0 Å². The van der Waals surface area contributed by atoms with Gasteiger partial charge in [-0.1, -0.05) is 12.1 Å². The van der Waals surface area contributed by atoms with Gasteiger partial charge in [0.1, 0.15) is 11.3 Å². The molecule has 0 aliphatic heterocycles. The number of phenols is 1. The van der Waals surface area contributed by atoms with Crippen LogP contribution in [0.2, 0.25) is 0 Å². The number of aromatic carboxylic acids is 1. The Hall–Kier alpha value is -0.146. The normalized spacial score (nSPS) is 8.36. The Bertz CT molecular complexity index is 260. The molecular weight excluding hydrogens is 273 g/mol. The second kappa shape index (κ2) is 4.68. The molecule has 1 aromatic rings. The summed E-state index contributed by atoms with van der Waals surface area (Å²) in [4.78, 5) is 10.3. The van der Waals surface area contributed by atoms with Crippen molar-refractivity contribution in [1.29, 1.82) is 0 Å². The summed E-state index contributed by atoms with van der Waals surface area (Å²) < 4.78 is 0. The van der Waals surface area contributed by atoms with Gasteiger partial charge in [-0.25, -0.2) is 4.79 Å². The quantitative estimate of drug-likeness (QED) is 0.809. The molecule has 0 amide bonds. The maximum atomic E-state index is 10.3. The molecule has 0 heterocycles. The SMILES string of the molecule is O=C(O)c1ccccc1O.[Pr]. The van der Waals surface area contributed by atoms with Crippen LogP contribution in [-0.2, 0) is 0 Å². The fraction of sp³-hybridized carbons (Fsp3) is 0. The van der Waals surface area contributed by atoms with Gasteiger partial charge in [0, 0.05) is 41.3 Å². The van der Waals surface area contributed by atoms with Gasteiger partial charge in [-0.2, -0.15) is 0 Å². The molecule has 1 radical (unpaired) electrons. The molecule has 55 valence electrons. The Morgan fingerprint density at radius 1 is 1.27 bits per heavy atom. The van der Waals surface area contributed by atoms with Crippen molar-refractivity contribution in [1.82, 2.24) is 0 Å². The molecule has 0 aromatic heterocycles. The minimum absolute atomic E-state index is 0. The predicted octanol–water partition coefficient (Wildman–Crippen LogP) is 1.09. The smallest absolute Gasteiger partial charge is 0.339 e. The largest absolute Gasteiger partial charge is 0.507 e. The molecule has 1 rings (SSSR count). The third-order valence-corrected chi connectivity index (χ3v) is 1.13. The standard InChI is InChI=1S/C7H6O3.Pr/c8-6-4-2-1-3-5(6)7(9)10;/h1-4,8H,(H,9,10);. The maximum Gasteiger partial charge on any atom is 0.339 e. The van der Waals surface area contributed by atoms with E-state index in [4.69, 9.17) is 10.2 Å². The van der Waals surface area contributed by atoms with Crippen LogP contribution in [-0.4, -0.2) is 16.2 Å². The molecule has 3 nitrogen and oxygen atoms in total. The molecule has 0 saturated carbocycles. The minimum atomic E-state index is -1.11. The molecule has 0 saturated heterocycles. The predicted molar refractivity (Wildman–Crippen MR) is 35.1 cm³/mol. The Morgan fingerprint density at radius 2 is 1.82 bits per heavy atom. The average Bonchev–Trinajstić information content (AvgIpc) is 1.88. The van der Waals surface area contributed by atoms with Crippen molar-refractivity contribution < 1.29 is 56.3 Å². The van der Waals surface area contributed by atoms with E-state index in [-0.39, 0.29) is 52.6 Å². The second-order valence-electron chi connectivity index (χ2n) is 1.82. The van der Waals surface area contributed by atoms with Crippen molar-refractivity contribution in [3.63, 3.8) is 0 Å². The van der Waals surface area contributed by atoms with Crippen molar-refractivity contribution in [2.45, 2.75) is 0 Å². The van der Waals surface area contributed by atoms with E-state index in [1.54, 1.807) is 12.1 Å². The minimum Gasteiger partial charge on any atom is -0.507 e. The molecule has 0 aliphatic rings. The number of hydrogen-bond donors (Lipinski definition) is 2. The Kier molecular flexibility index (Phi) is 4.61. The van der Waals surface area contributed by atoms with Crippen molar-refractivity contribution in [3.05, 3.63) is 29.8 Å². The first-order valence-corrected chi connectivity index (χ1v) is 2.73. The van der Waals surface area contributed by atoms with Crippen molar-refractivity contribution in [2.24, 2.45) is 0 Å². The van der Waals surface area contributed by atoms with Crippen LogP contribution in [0.3, 0.4) is 0 Å². The first-order chi connectivity index (χ1) is 4.72.